The normalized spacial score (nSPS) is 11.2. The van der Waals surface area contributed by atoms with Gasteiger partial charge in [0, 0.05) is 18.5 Å². The number of rotatable bonds is 5. The third-order valence-corrected chi connectivity index (χ3v) is 3.21. The van der Waals surface area contributed by atoms with E-state index in [-0.39, 0.29) is 11.7 Å². The van der Waals surface area contributed by atoms with Gasteiger partial charge in [0.05, 0.1) is 0 Å². The predicted molar refractivity (Wildman–Crippen MR) is 88.3 cm³/mol. The van der Waals surface area contributed by atoms with Crippen molar-refractivity contribution in [2.75, 3.05) is 0 Å². The molecule has 0 heterocycles. The Morgan fingerprint density at radius 2 is 1.77 bits per heavy atom. The van der Waals surface area contributed by atoms with E-state index in [0.29, 0.717) is 13.0 Å². The lowest BCUT2D eigenvalue weighted by Crippen LogP contribution is -2.38. The summed E-state index contributed by atoms with van der Waals surface area (Å²) in [5.41, 5.74) is 8.28. The Bertz CT molecular complexity index is 660. The molecule has 4 nitrogen and oxygen atoms in total. The molecule has 2 rings (SSSR count). The lowest BCUT2D eigenvalue weighted by atomic mass is 10.0. The molecule has 0 aromatic heterocycles. The van der Waals surface area contributed by atoms with Gasteiger partial charge in [-0.25, -0.2) is 0 Å². The number of amides is 1. The van der Waals surface area contributed by atoms with E-state index in [2.05, 4.69) is 5.32 Å². The second kappa shape index (κ2) is 6.62. The topological polar surface area (TPSA) is 75.4 Å². The molecule has 116 valence electrons. The molecule has 2 aromatic carbocycles. The van der Waals surface area contributed by atoms with Gasteiger partial charge in [0.25, 0.3) is 0 Å². The van der Waals surface area contributed by atoms with Crippen molar-refractivity contribution >= 4 is 5.91 Å². The highest BCUT2D eigenvalue weighted by Crippen LogP contribution is 2.23. The second-order valence-electron chi connectivity index (χ2n) is 6.19. The Hall–Kier alpha value is -2.33. The molecule has 0 aliphatic rings. The zero-order chi connectivity index (χ0) is 16.2. The molecule has 0 unspecified atom stereocenters. The number of nitrogens with two attached hydrogens (primary N) is 1. The minimum absolute atomic E-state index is 0.0599. The van der Waals surface area contributed by atoms with Crippen LogP contribution >= 0.6 is 0 Å². The SMILES string of the molecule is CC(C)(N)CC(=O)NCc1cccc(-c2cccc(O)c2)c1. The number of carbonyl (C=O) groups is 1. The molecule has 0 aliphatic carbocycles. The van der Waals surface area contributed by atoms with Gasteiger partial charge in [-0.3, -0.25) is 4.79 Å². The summed E-state index contributed by atoms with van der Waals surface area (Å²) >= 11 is 0. The third kappa shape index (κ3) is 4.90. The van der Waals surface area contributed by atoms with Gasteiger partial charge in [0.2, 0.25) is 5.91 Å². The van der Waals surface area contributed by atoms with Gasteiger partial charge >= 0.3 is 0 Å². The van der Waals surface area contributed by atoms with Crippen LogP contribution in [0, 0.1) is 0 Å². The molecule has 1 amide bonds. The van der Waals surface area contributed by atoms with Crippen molar-refractivity contribution in [1.29, 1.82) is 0 Å². The molecule has 4 N–H and O–H groups in total. The standard InChI is InChI=1S/C18H22N2O2/c1-18(2,19)11-17(22)20-12-13-5-3-6-14(9-13)15-7-4-8-16(21)10-15/h3-10,21H,11-12,19H2,1-2H3,(H,20,22). The number of carbonyl (C=O) groups excluding carboxylic acids is 1. The summed E-state index contributed by atoms with van der Waals surface area (Å²) in [6, 6.07) is 15.0. The van der Waals surface area contributed by atoms with Crippen LogP contribution in [0.1, 0.15) is 25.8 Å². The van der Waals surface area contributed by atoms with Crippen LogP contribution in [-0.2, 0) is 11.3 Å². The maximum Gasteiger partial charge on any atom is 0.222 e. The Morgan fingerprint density at radius 3 is 2.41 bits per heavy atom. The van der Waals surface area contributed by atoms with E-state index in [1.807, 2.05) is 50.2 Å². The molecule has 0 spiro atoms. The van der Waals surface area contributed by atoms with Gasteiger partial charge in [-0.15, -0.1) is 0 Å². The van der Waals surface area contributed by atoms with Crippen LogP contribution in [0.3, 0.4) is 0 Å². The summed E-state index contributed by atoms with van der Waals surface area (Å²) in [6.07, 6.45) is 0.291. The first-order valence-corrected chi connectivity index (χ1v) is 7.27. The fourth-order valence-corrected chi connectivity index (χ4v) is 2.22. The summed E-state index contributed by atoms with van der Waals surface area (Å²) in [4.78, 5) is 11.8. The average Bonchev–Trinajstić information content (AvgIpc) is 2.44. The van der Waals surface area contributed by atoms with E-state index in [1.54, 1.807) is 12.1 Å². The monoisotopic (exact) mass is 298 g/mol. The summed E-state index contributed by atoms with van der Waals surface area (Å²) in [5.74, 6) is 0.177. The first-order valence-electron chi connectivity index (χ1n) is 7.27. The fourth-order valence-electron chi connectivity index (χ4n) is 2.22. The largest absolute Gasteiger partial charge is 0.508 e. The minimum atomic E-state index is -0.506. The van der Waals surface area contributed by atoms with Gasteiger partial charge in [-0.2, -0.15) is 0 Å². The number of nitrogens with one attached hydrogen (secondary N) is 1. The van der Waals surface area contributed by atoms with Crippen LogP contribution in [0.4, 0.5) is 0 Å². The number of phenolic OH excluding ortho intramolecular Hbond substituents is 1. The first kappa shape index (κ1) is 16.0. The summed E-state index contributed by atoms with van der Waals surface area (Å²) < 4.78 is 0. The lowest BCUT2D eigenvalue weighted by Gasteiger charge is -2.17. The highest BCUT2D eigenvalue weighted by Gasteiger charge is 2.15. The molecule has 0 saturated carbocycles. The average molecular weight is 298 g/mol. The molecule has 22 heavy (non-hydrogen) atoms. The molecule has 4 heteroatoms. The van der Waals surface area contributed by atoms with Crippen molar-refractivity contribution < 1.29 is 9.90 Å². The van der Waals surface area contributed by atoms with Crippen LogP contribution in [0.25, 0.3) is 11.1 Å². The maximum atomic E-state index is 11.8. The van der Waals surface area contributed by atoms with Crippen molar-refractivity contribution in [1.82, 2.24) is 5.32 Å². The van der Waals surface area contributed by atoms with Crippen molar-refractivity contribution in [3.8, 4) is 16.9 Å². The maximum absolute atomic E-state index is 11.8. The van der Waals surface area contributed by atoms with Crippen LogP contribution in [0.15, 0.2) is 48.5 Å². The van der Waals surface area contributed by atoms with Crippen molar-refractivity contribution in [3.05, 3.63) is 54.1 Å². The second-order valence-corrected chi connectivity index (χ2v) is 6.19. The summed E-state index contributed by atoms with van der Waals surface area (Å²) in [7, 11) is 0. The molecule has 0 radical (unpaired) electrons. The highest BCUT2D eigenvalue weighted by atomic mass is 16.3. The van der Waals surface area contributed by atoms with E-state index < -0.39 is 5.54 Å². The Labute approximate surface area is 131 Å². The van der Waals surface area contributed by atoms with E-state index in [1.165, 1.54) is 0 Å². The molecule has 0 saturated heterocycles. The third-order valence-electron chi connectivity index (χ3n) is 3.21. The summed E-state index contributed by atoms with van der Waals surface area (Å²) in [5, 5.41) is 12.4. The molecule has 0 bridgehead atoms. The zero-order valence-corrected chi connectivity index (χ0v) is 13.0. The van der Waals surface area contributed by atoms with E-state index in [4.69, 9.17) is 5.73 Å². The van der Waals surface area contributed by atoms with E-state index in [9.17, 15) is 9.90 Å². The summed E-state index contributed by atoms with van der Waals surface area (Å²) in [6.45, 7) is 4.12. The molecule has 2 aromatic rings. The van der Waals surface area contributed by atoms with Crippen LogP contribution in [0.2, 0.25) is 0 Å². The molecular formula is C18H22N2O2. The number of aromatic hydroxyl groups is 1. The highest BCUT2D eigenvalue weighted by molar-refractivity contribution is 5.77. The van der Waals surface area contributed by atoms with Crippen molar-refractivity contribution in [2.24, 2.45) is 5.73 Å². The predicted octanol–water partition coefficient (Wildman–Crippen LogP) is 2.80. The Balaban J connectivity index is 2.05. The smallest absolute Gasteiger partial charge is 0.222 e. The van der Waals surface area contributed by atoms with E-state index >= 15 is 0 Å². The molecule has 0 atom stereocenters. The zero-order valence-electron chi connectivity index (χ0n) is 13.0. The number of benzene rings is 2. The van der Waals surface area contributed by atoms with Crippen LogP contribution < -0.4 is 11.1 Å². The van der Waals surface area contributed by atoms with Gasteiger partial charge in [-0.1, -0.05) is 30.3 Å². The Kier molecular flexibility index (Phi) is 4.83. The first-order chi connectivity index (χ1) is 10.3. The van der Waals surface area contributed by atoms with Gasteiger partial charge in [-0.05, 0) is 48.7 Å². The lowest BCUT2D eigenvalue weighted by molar-refractivity contribution is -0.122. The number of hydrogen-bond acceptors (Lipinski definition) is 3. The van der Waals surface area contributed by atoms with Crippen molar-refractivity contribution in [2.45, 2.75) is 32.4 Å². The fraction of sp³-hybridized carbons (Fsp3) is 0.278. The molecular weight excluding hydrogens is 276 g/mol. The molecule has 0 fully saturated rings. The number of hydrogen-bond donors (Lipinski definition) is 3. The quantitative estimate of drug-likeness (QED) is 0.794. The van der Waals surface area contributed by atoms with Gasteiger partial charge < -0.3 is 16.2 Å². The van der Waals surface area contributed by atoms with E-state index in [0.717, 1.165) is 16.7 Å². The van der Waals surface area contributed by atoms with Gasteiger partial charge in [0.15, 0.2) is 0 Å². The minimum Gasteiger partial charge on any atom is -0.508 e. The van der Waals surface area contributed by atoms with Crippen LogP contribution in [0.5, 0.6) is 5.75 Å². The van der Waals surface area contributed by atoms with Gasteiger partial charge in [0.1, 0.15) is 5.75 Å². The Morgan fingerprint density at radius 1 is 1.14 bits per heavy atom. The van der Waals surface area contributed by atoms with Crippen molar-refractivity contribution in [3.63, 3.8) is 0 Å². The molecule has 0 aliphatic heterocycles. The van der Waals surface area contributed by atoms with Crippen LogP contribution in [-0.4, -0.2) is 16.6 Å². The number of phenols is 1.